The number of rotatable bonds is 5. The molecule has 0 atom stereocenters. The van der Waals surface area contributed by atoms with Crippen LogP contribution in [-0.2, 0) is 11.3 Å². The molecule has 0 heterocycles. The van der Waals surface area contributed by atoms with E-state index in [9.17, 15) is 0 Å². The van der Waals surface area contributed by atoms with Crippen LogP contribution < -0.4 is 0 Å². The Hall–Kier alpha value is -1.31. The van der Waals surface area contributed by atoms with Gasteiger partial charge in [0.2, 0.25) is 0 Å². The van der Waals surface area contributed by atoms with E-state index >= 15 is 0 Å². The van der Waals surface area contributed by atoms with E-state index in [1.54, 1.807) is 0 Å². The van der Waals surface area contributed by atoms with Crippen molar-refractivity contribution in [2.75, 3.05) is 6.61 Å². The molecule has 1 aromatic carbocycles. The second-order valence-electron chi connectivity index (χ2n) is 3.23. The first-order valence-electron chi connectivity index (χ1n) is 5.02. The number of nitrogens with zero attached hydrogens (tertiary/aromatic N) is 1. The Bertz CT molecular complexity index is 294. The first-order valence-corrected chi connectivity index (χ1v) is 5.02. The molecule has 0 saturated carbocycles. The molecule has 0 aliphatic heterocycles. The minimum absolute atomic E-state index is 0.640. The highest BCUT2D eigenvalue weighted by Crippen LogP contribution is 2.05. The lowest BCUT2D eigenvalue weighted by atomic mass is 10.1. The van der Waals surface area contributed by atoms with Crippen LogP contribution in [0, 0.1) is 6.92 Å². The van der Waals surface area contributed by atoms with Gasteiger partial charge in [0, 0.05) is 6.21 Å². The van der Waals surface area contributed by atoms with Crippen LogP contribution in [0.3, 0.4) is 0 Å². The van der Waals surface area contributed by atoms with Crippen molar-refractivity contribution >= 4 is 6.21 Å². The molecule has 0 N–H and O–H groups in total. The van der Waals surface area contributed by atoms with E-state index in [0.717, 1.165) is 12.8 Å². The average molecular weight is 191 g/mol. The summed E-state index contributed by atoms with van der Waals surface area (Å²) in [6.07, 6.45) is 3.79. The summed E-state index contributed by atoms with van der Waals surface area (Å²) in [6, 6.07) is 8.54. The van der Waals surface area contributed by atoms with Gasteiger partial charge in [-0.05, 0) is 32.3 Å². The Balaban J connectivity index is 2.31. The van der Waals surface area contributed by atoms with E-state index in [0.29, 0.717) is 6.61 Å². The highest BCUT2D eigenvalue weighted by molar-refractivity contribution is 5.56. The molecule has 0 spiro atoms. The maximum absolute atomic E-state index is 4.86. The zero-order chi connectivity index (χ0) is 10.2. The van der Waals surface area contributed by atoms with E-state index in [1.165, 1.54) is 11.1 Å². The van der Waals surface area contributed by atoms with Crippen LogP contribution in [0.1, 0.15) is 24.5 Å². The van der Waals surface area contributed by atoms with E-state index < -0.39 is 0 Å². The van der Waals surface area contributed by atoms with Gasteiger partial charge in [0.25, 0.3) is 0 Å². The van der Waals surface area contributed by atoms with Crippen LogP contribution in [0.2, 0.25) is 0 Å². The normalized spacial score (nSPS) is 10.7. The van der Waals surface area contributed by atoms with Crippen molar-refractivity contribution in [2.24, 2.45) is 5.16 Å². The van der Waals surface area contributed by atoms with Gasteiger partial charge in [0.05, 0.1) is 0 Å². The van der Waals surface area contributed by atoms with Gasteiger partial charge >= 0.3 is 0 Å². The quantitative estimate of drug-likeness (QED) is 0.518. The van der Waals surface area contributed by atoms with Crippen LogP contribution in [0.4, 0.5) is 0 Å². The standard InChI is InChI=1S/C12H17NO/c1-3-14-13-9-5-8-12-7-4-6-11(2)10-12/h4,6-7,9-10H,3,5,8H2,1-2H3. The smallest absolute Gasteiger partial charge is 0.114 e. The maximum Gasteiger partial charge on any atom is 0.114 e. The van der Waals surface area contributed by atoms with Gasteiger partial charge in [0.15, 0.2) is 0 Å². The molecule has 0 aromatic heterocycles. The Morgan fingerprint density at radius 3 is 3.00 bits per heavy atom. The molecule has 2 nitrogen and oxygen atoms in total. The molecular formula is C12H17NO. The van der Waals surface area contributed by atoms with Crippen molar-refractivity contribution in [2.45, 2.75) is 26.7 Å². The highest BCUT2D eigenvalue weighted by Gasteiger charge is 1.91. The molecule has 1 aromatic rings. The van der Waals surface area contributed by atoms with Crippen molar-refractivity contribution < 1.29 is 4.84 Å². The molecule has 0 amide bonds. The minimum atomic E-state index is 0.640. The molecule has 0 fully saturated rings. The molecule has 0 unspecified atom stereocenters. The third-order valence-electron chi connectivity index (χ3n) is 1.92. The summed E-state index contributed by atoms with van der Waals surface area (Å²) in [4.78, 5) is 4.86. The molecule has 14 heavy (non-hydrogen) atoms. The molecule has 0 bridgehead atoms. The fourth-order valence-corrected chi connectivity index (χ4v) is 1.28. The predicted molar refractivity (Wildman–Crippen MR) is 59.6 cm³/mol. The molecule has 2 heteroatoms. The molecular weight excluding hydrogens is 174 g/mol. The minimum Gasteiger partial charge on any atom is -0.396 e. The summed E-state index contributed by atoms with van der Waals surface area (Å²) >= 11 is 0. The molecule has 76 valence electrons. The second-order valence-corrected chi connectivity index (χ2v) is 3.23. The van der Waals surface area contributed by atoms with Gasteiger partial charge in [0.1, 0.15) is 6.61 Å². The summed E-state index contributed by atoms with van der Waals surface area (Å²) in [5, 5.41) is 3.80. The van der Waals surface area contributed by atoms with E-state index in [4.69, 9.17) is 4.84 Å². The summed E-state index contributed by atoms with van der Waals surface area (Å²) in [6.45, 7) is 4.68. The van der Waals surface area contributed by atoms with Crippen LogP contribution >= 0.6 is 0 Å². The van der Waals surface area contributed by atoms with Gasteiger partial charge in [-0.25, -0.2) is 0 Å². The number of hydrogen-bond donors (Lipinski definition) is 0. The lowest BCUT2D eigenvalue weighted by Crippen LogP contribution is -1.88. The van der Waals surface area contributed by atoms with Crippen molar-refractivity contribution in [3.63, 3.8) is 0 Å². The summed E-state index contributed by atoms with van der Waals surface area (Å²) < 4.78 is 0. The Kier molecular flexibility index (Phi) is 4.76. The van der Waals surface area contributed by atoms with Gasteiger partial charge in [-0.2, -0.15) is 0 Å². The van der Waals surface area contributed by atoms with Crippen molar-refractivity contribution in [1.82, 2.24) is 0 Å². The van der Waals surface area contributed by atoms with E-state index in [1.807, 2.05) is 13.1 Å². The van der Waals surface area contributed by atoms with Gasteiger partial charge in [-0.15, -0.1) is 0 Å². The van der Waals surface area contributed by atoms with Crippen LogP contribution in [0.25, 0.3) is 0 Å². The van der Waals surface area contributed by atoms with Crippen molar-refractivity contribution in [1.29, 1.82) is 0 Å². The topological polar surface area (TPSA) is 21.6 Å². The fraction of sp³-hybridized carbons (Fsp3) is 0.417. The molecule has 0 saturated heterocycles. The van der Waals surface area contributed by atoms with E-state index in [2.05, 4.69) is 36.3 Å². The number of aryl methyl sites for hydroxylation is 2. The Labute approximate surface area is 85.6 Å². The second kappa shape index (κ2) is 6.19. The monoisotopic (exact) mass is 191 g/mol. The van der Waals surface area contributed by atoms with Gasteiger partial charge in [-0.3, -0.25) is 0 Å². The molecule has 0 radical (unpaired) electrons. The Morgan fingerprint density at radius 1 is 1.43 bits per heavy atom. The first-order chi connectivity index (χ1) is 6.83. The Morgan fingerprint density at radius 2 is 2.29 bits per heavy atom. The zero-order valence-corrected chi connectivity index (χ0v) is 8.86. The lowest BCUT2D eigenvalue weighted by molar-refractivity contribution is 0.160. The van der Waals surface area contributed by atoms with Crippen LogP contribution in [0.5, 0.6) is 0 Å². The highest BCUT2D eigenvalue weighted by atomic mass is 16.6. The average Bonchev–Trinajstić information content (AvgIpc) is 2.18. The first kappa shape index (κ1) is 10.8. The van der Waals surface area contributed by atoms with Crippen LogP contribution in [0.15, 0.2) is 29.4 Å². The molecule has 1 rings (SSSR count). The third kappa shape index (κ3) is 4.08. The molecule has 0 aliphatic carbocycles. The SMILES string of the molecule is CCON=CCCc1cccc(C)c1. The maximum atomic E-state index is 4.86. The van der Waals surface area contributed by atoms with Crippen molar-refractivity contribution in [3.8, 4) is 0 Å². The summed E-state index contributed by atoms with van der Waals surface area (Å²) in [5.74, 6) is 0. The van der Waals surface area contributed by atoms with Gasteiger partial charge < -0.3 is 4.84 Å². The van der Waals surface area contributed by atoms with Gasteiger partial charge in [-0.1, -0.05) is 35.0 Å². The van der Waals surface area contributed by atoms with Crippen molar-refractivity contribution in [3.05, 3.63) is 35.4 Å². The van der Waals surface area contributed by atoms with Crippen LogP contribution in [-0.4, -0.2) is 12.8 Å². The summed E-state index contributed by atoms with van der Waals surface area (Å²) in [5.41, 5.74) is 2.66. The van der Waals surface area contributed by atoms with E-state index in [-0.39, 0.29) is 0 Å². The number of benzene rings is 1. The number of hydrogen-bond acceptors (Lipinski definition) is 2. The lowest BCUT2D eigenvalue weighted by Gasteiger charge is -1.99. The largest absolute Gasteiger partial charge is 0.396 e. The number of oxime groups is 1. The molecule has 0 aliphatic rings. The summed E-state index contributed by atoms with van der Waals surface area (Å²) in [7, 11) is 0. The predicted octanol–water partition coefficient (Wildman–Crippen LogP) is 2.95. The fourth-order valence-electron chi connectivity index (χ4n) is 1.28. The third-order valence-corrected chi connectivity index (χ3v) is 1.92. The zero-order valence-electron chi connectivity index (χ0n) is 8.86.